The highest BCUT2D eigenvalue weighted by Gasteiger charge is 2.17. The molecule has 0 saturated heterocycles. The molecular formula is C17H19NO2. The van der Waals surface area contributed by atoms with Crippen molar-refractivity contribution < 1.29 is 9.90 Å². The van der Waals surface area contributed by atoms with Gasteiger partial charge in [0.25, 0.3) is 0 Å². The molecule has 2 aromatic rings. The van der Waals surface area contributed by atoms with Crippen LogP contribution in [0.3, 0.4) is 0 Å². The number of phenols is 1. The molecule has 0 unspecified atom stereocenters. The van der Waals surface area contributed by atoms with Crippen molar-refractivity contribution in [2.45, 2.75) is 20.3 Å². The van der Waals surface area contributed by atoms with E-state index in [1.165, 1.54) is 0 Å². The summed E-state index contributed by atoms with van der Waals surface area (Å²) in [6.45, 7) is 4.55. The zero-order valence-electron chi connectivity index (χ0n) is 11.8. The molecule has 0 atom stereocenters. The number of amides is 1. The van der Waals surface area contributed by atoms with E-state index in [4.69, 9.17) is 0 Å². The molecule has 3 nitrogen and oxygen atoms in total. The van der Waals surface area contributed by atoms with Gasteiger partial charge in [-0.3, -0.25) is 4.79 Å². The molecule has 0 aliphatic rings. The summed E-state index contributed by atoms with van der Waals surface area (Å²) in [4.78, 5) is 14.2. The Morgan fingerprint density at radius 1 is 1.10 bits per heavy atom. The molecule has 0 saturated carbocycles. The van der Waals surface area contributed by atoms with Crippen molar-refractivity contribution in [2.75, 3.05) is 11.4 Å². The minimum absolute atomic E-state index is 0.0108. The summed E-state index contributed by atoms with van der Waals surface area (Å²) in [5, 5.41) is 9.77. The maximum Gasteiger partial charge on any atom is 0.231 e. The van der Waals surface area contributed by atoms with Crippen LogP contribution in [0.25, 0.3) is 0 Å². The van der Waals surface area contributed by atoms with E-state index >= 15 is 0 Å². The lowest BCUT2D eigenvalue weighted by molar-refractivity contribution is -0.118. The van der Waals surface area contributed by atoms with Crippen LogP contribution in [0.15, 0.2) is 48.5 Å². The Hall–Kier alpha value is -2.29. The van der Waals surface area contributed by atoms with Gasteiger partial charge in [-0.1, -0.05) is 36.4 Å². The molecular weight excluding hydrogens is 250 g/mol. The average molecular weight is 269 g/mol. The van der Waals surface area contributed by atoms with Gasteiger partial charge >= 0.3 is 0 Å². The van der Waals surface area contributed by atoms with Crippen molar-refractivity contribution in [3.05, 3.63) is 59.7 Å². The van der Waals surface area contributed by atoms with Gasteiger partial charge in [0, 0.05) is 17.8 Å². The molecule has 0 aliphatic carbocycles. The van der Waals surface area contributed by atoms with Gasteiger partial charge in [-0.15, -0.1) is 0 Å². The van der Waals surface area contributed by atoms with Crippen LogP contribution >= 0.6 is 0 Å². The Morgan fingerprint density at radius 3 is 2.40 bits per heavy atom. The Kier molecular flexibility index (Phi) is 4.41. The first kappa shape index (κ1) is 14.1. The van der Waals surface area contributed by atoms with Crippen molar-refractivity contribution in [1.82, 2.24) is 0 Å². The maximum absolute atomic E-state index is 12.5. The summed E-state index contributed by atoms with van der Waals surface area (Å²) < 4.78 is 0. The second-order valence-corrected chi connectivity index (χ2v) is 4.73. The molecule has 0 radical (unpaired) electrons. The number of nitrogens with zero attached hydrogens (tertiary/aromatic N) is 1. The normalized spacial score (nSPS) is 10.3. The number of aromatic hydroxyl groups is 1. The van der Waals surface area contributed by atoms with Gasteiger partial charge in [-0.05, 0) is 31.5 Å². The van der Waals surface area contributed by atoms with Gasteiger partial charge in [0.15, 0.2) is 0 Å². The van der Waals surface area contributed by atoms with Crippen molar-refractivity contribution in [1.29, 1.82) is 0 Å². The van der Waals surface area contributed by atoms with Crippen LogP contribution < -0.4 is 4.90 Å². The number of carbonyl (C=O) groups excluding carboxylic acids is 1. The van der Waals surface area contributed by atoms with E-state index in [0.717, 1.165) is 11.3 Å². The number of hydrogen-bond donors (Lipinski definition) is 1. The number of benzene rings is 2. The van der Waals surface area contributed by atoms with Crippen LogP contribution in [-0.2, 0) is 11.2 Å². The quantitative estimate of drug-likeness (QED) is 0.925. The molecule has 2 rings (SSSR count). The molecule has 104 valence electrons. The van der Waals surface area contributed by atoms with Crippen LogP contribution in [0, 0.1) is 6.92 Å². The van der Waals surface area contributed by atoms with Crippen LogP contribution in [0.1, 0.15) is 18.1 Å². The Bertz CT molecular complexity index is 607. The fourth-order valence-corrected chi connectivity index (χ4v) is 2.27. The first-order chi connectivity index (χ1) is 9.63. The number of aryl methyl sites for hydroxylation is 1. The van der Waals surface area contributed by atoms with Gasteiger partial charge < -0.3 is 10.0 Å². The molecule has 0 heterocycles. The molecule has 1 amide bonds. The van der Waals surface area contributed by atoms with Crippen molar-refractivity contribution in [3.8, 4) is 5.75 Å². The topological polar surface area (TPSA) is 40.5 Å². The van der Waals surface area contributed by atoms with Crippen molar-refractivity contribution >= 4 is 11.6 Å². The highest BCUT2D eigenvalue weighted by atomic mass is 16.3. The van der Waals surface area contributed by atoms with E-state index in [9.17, 15) is 9.90 Å². The maximum atomic E-state index is 12.5. The third-order valence-corrected chi connectivity index (χ3v) is 3.36. The lowest BCUT2D eigenvalue weighted by atomic mass is 10.1. The third kappa shape index (κ3) is 2.99. The van der Waals surface area contributed by atoms with Crippen LogP contribution in [0.5, 0.6) is 5.75 Å². The summed E-state index contributed by atoms with van der Waals surface area (Å²) in [7, 11) is 0. The second kappa shape index (κ2) is 6.24. The van der Waals surface area contributed by atoms with E-state index in [1.54, 1.807) is 23.1 Å². The van der Waals surface area contributed by atoms with Crippen molar-refractivity contribution in [3.63, 3.8) is 0 Å². The molecule has 0 fully saturated rings. The number of para-hydroxylation sites is 2. The second-order valence-electron chi connectivity index (χ2n) is 4.73. The molecule has 0 bridgehead atoms. The number of anilines is 1. The monoisotopic (exact) mass is 269 g/mol. The summed E-state index contributed by atoms with van der Waals surface area (Å²) in [5.74, 6) is 0.157. The molecule has 3 heteroatoms. The SMILES string of the molecule is CCN(C(=O)Cc1ccccc1O)c1ccccc1C. The van der Waals surface area contributed by atoms with E-state index in [-0.39, 0.29) is 18.1 Å². The number of rotatable bonds is 4. The van der Waals surface area contributed by atoms with Gasteiger partial charge in [-0.2, -0.15) is 0 Å². The van der Waals surface area contributed by atoms with E-state index in [1.807, 2.05) is 44.2 Å². The number of hydrogen-bond acceptors (Lipinski definition) is 2. The largest absolute Gasteiger partial charge is 0.508 e. The number of phenolic OH excluding ortho intramolecular Hbond substituents is 1. The van der Waals surface area contributed by atoms with Gasteiger partial charge in [0.2, 0.25) is 5.91 Å². The third-order valence-electron chi connectivity index (χ3n) is 3.36. The smallest absolute Gasteiger partial charge is 0.231 e. The fraction of sp³-hybridized carbons (Fsp3) is 0.235. The Labute approximate surface area is 119 Å². The summed E-state index contributed by atoms with van der Waals surface area (Å²) in [5.41, 5.74) is 2.65. The Morgan fingerprint density at radius 2 is 1.75 bits per heavy atom. The lowest BCUT2D eigenvalue weighted by Gasteiger charge is -2.23. The standard InChI is InChI=1S/C17H19NO2/c1-3-18(15-10-6-4-8-13(15)2)17(20)12-14-9-5-7-11-16(14)19/h4-11,19H,3,12H2,1-2H3. The summed E-state index contributed by atoms with van der Waals surface area (Å²) >= 11 is 0. The molecule has 1 N–H and O–H groups in total. The molecule has 2 aromatic carbocycles. The lowest BCUT2D eigenvalue weighted by Crippen LogP contribution is -2.32. The first-order valence-electron chi connectivity index (χ1n) is 6.76. The fourth-order valence-electron chi connectivity index (χ4n) is 2.27. The van der Waals surface area contributed by atoms with E-state index in [2.05, 4.69) is 0 Å². The Balaban J connectivity index is 2.23. The summed E-state index contributed by atoms with van der Waals surface area (Å²) in [6, 6.07) is 14.8. The molecule has 0 aliphatic heterocycles. The minimum atomic E-state index is -0.0108. The van der Waals surface area contributed by atoms with Gasteiger partial charge in [0.05, 0.1) is 6.42 Å². The van der Waals surface area contributed by atoms with Crippen molar-refractivity contribution in [2.24, 2.45) is 0 Å². The summed E-state index contributed by atoms with van der Waals surface area (Å²) in [6.07, 6.45) is 0.203. The molecule has 0 spiro atoms. The van der Waals surface area contributed by atoms with Gasteiger partial charge in [-0.25, -0.2) is 0 Å². The number of carbonyl (C=O) groups is 1. The van der Waals surface area contributed by atoms with Crippen LogP contribution in [0.4, 0.5) is 5.69 Å². The van der Waals surface area contributed by atoms with Crippen LogP contribution in [0.2, 0.25) is 0 Å². The van der Waals surface area contributed by atoms with Gasteiger partial charge in [0.1, 0.15) is 5.75 Å². The molecule has 20 heavy (non-hydrogen) atoms. The highest BCUT2D eigenvalue weighted by Crippen LogP contribution is 2.22. The van der Waals surface area contributed by atoms with E-state index < -0.39 is 0 Å². The average Bonchev–Trinajstić information content (AvgIpc) is 2.44. The predicted octanol–water partition coefficient (Wildman–Crippen LogP) is 3.30. The van der Waals surface area contributed by atoms with Crippen LogP contribution in [-0.4, -0.2) is 17.6 Å². The molecule has 0 aromatic heterocycles. The van der Waals surface area contributed by atoms with E-state index in [0.29, 0.717) is 12.1 Å². The minimum Gasteiger partial charge on any atom is -0.508 e. The zero-order chi connectivity index (χ0) is 14.5. The first-order valence-corrected chi connectivity index (χ1v) is 6.76. The number of likely N-dealkylation sites (N-methyl/N-ethyl adjacent to an activating group) is 1. The zero-order valence-corrected chi connectivity index (χ0v) is 11.8. The highest BCUT2D eigenvalue weighted by molar-refractivity contribution is 5.95. The predicted molar refractivity (Wildman–Crippen MR) is 81.0 cm³/mol.